The molecule has 1 saturated heterocycles. The van der Waals surface area contributed by atoms with Crippen LogP contribution < -0.4 is 11.0 Å². The lowest BCUT2D eigenvalue weighted by Crippen LogP contribution is -2.41. The highest BCUT2D eigenvalue weighted by atomic mass is 16.2. The smallest absolute Gasteiger partial charge is 0.345 e. The van der Waals surface area contributed by atoms with Gasteiger partial charge in [-0.05, 0) is 31.1 Å². The Morgan fingerprint density at radius 2 is 2.17 bits per heavy atom. The fourth-order valence-electron chi connectivity index (χ4n) is 3.65. The maximum Gasteiger partial charge on any atom is 0.345 e. The predicted octanol–water partition coefficient (Wildman–Crippen LogP) is 1.08. The van der Waals surface area contributed by atoms with Crippen molar-refractivity contribution in [3.05, 3.63) is 16.3 Å². The minimum atomic E-state index is 0.0513. The van der Waals surface area contributed by atoms with Gasteiger partial charge in [0.05, 0.1) is 0 Å². The first-order chi connectivity index (χ1) is 11.5. The van der Waals surface area contributed by atoms with Crippen LogP contribution in [0.1, 0.15) is 45.4 Å². The van der Waals surface area contributed by atoms with E-state index >= 15 is 0 Å². The predicted molar refractivity (Wildman–Crippen MR) is 95.4 cm³/mol. The van der Waals surface area contributed by atoms with Crippen LogP contribution in [0.15, 0.2) is 9.79 Å². The zero-order chi connectivity index (χ0) is 17.2. The van der Waals surface area contributed by atoms with Crippen LogP contribution in [0, 0.1) is 5.41 Å². The maximum absolute atomic E-state index is 12.3. The second-order valence-corrected chi connectivity index (χ2v) is 7.69. The first-order valence-corrected chi connectivity index (χ1v) is 9.12. The normalized spacial score (nSPS) is 20.3. The third kappa shape index (κ3) is 3.65. The van der Waals surface area contributed by atoms with Crippen LogP contribution in [-0.4, -0.2) is 51.9 Å². The third-order valence-corrected chi connectivity index (χ3v) is 5.05. The maximum atomic E-state index is 12.3. The largest absolute Gasteiger partial charge is 0.356 e. The van der Waals surface area contributed by atoms with Gasteiger partial charge in [0.25, 0.3) is 0 Å². The number of likely N-dealkylation sites (tertiary alicyclic amines) is 1. The van der Waals surface area contributed by atoms with Crippen LogP contribution in [0.2, 0.25) is 0 Å². The van der Waals surface area contributed by atoms with Crippen molar-refractivity contribution in [1.29, 1.82) is 0 Å². The number of aryl methyl sites for hydroxylation is 2. The van der Waals surface area contributed by atoms with Gasteiger partial charge in [0.2, 0.25) is 0 Å². The molecule has 3 heterocycles. The lowest BCUT2D eigenvalue weighted by Gasteiger charge is -2.23. The Balaban J connectivity index is 1.48. The highest BCUT2D eigenvalue weighted by Gasteiger charge is 2.30. The zero-order valence-electron chi connectivity index (χ0n) is 15.2. The van der Waals surface area contributed by atoms with Gasteiger partial charge in [0.1, 0.15) is 5.82 Å². The fourth-order valence-corrected chi connectivity index (χ4v) is 3.65. The molecule has 0 spiro atoms. The Bertz CT molecular complexity index is 657. The molecule has 134 valence electrons. The molecule has 0 amide bonds. The van der Waals surface area contributed by atoms with E-state index in [9.17, 15) is 4.79 Å². The molecule has 0 aromatic carbocycles. The minimum Gasteiger partial charge on any atom is -0.356 e. The van der Waals surface area contributed by atoms with Crippen LogP contribution in [0.5, 0.6) is 0 Å². The summed E-state index contributed by atoms with van der Waals surface area (Å²) in [6.07, 6.45) is 5.22. The van der Waals surface area contributed by atoms with Gasteiger partial charge >= 0.3 is 5.69 Å². The Hall–Kier alpha value is -1.79. The van der Waals surface area contributed by atoms with E-state index < -0.39 is 0 Å². The average Bonchev–Trinajstić information content (AvgIpc) is 3.08. The SMILES string of the molecule is CN=C(NCCCn1nc2n(c1=O)CCCC2)N1CCC(C)(C)C1. The van der Waals surface area contributed by atoms with E-state index in [1.165, 1.54) is 6.42 Å². The number of aliphatic imine (C=N–C) groups is 1. The van der Waals surface area contributed by atoms with Gasteiger partial charge in [0, 0.05) is 46.2 Å². The van der Waals surface area contributed by atoms with Crippen molar-refractivity contribution in [2.45, 2.75) is 59.0 Å². The van der Waals surface area contributed by atoms with E-state index in [1.807, 2.05) is 11.6 Å². The van der Waals surface area contributed by atoms with E-state index in [0.717, 1.165) is 63.6 Å². The van der Waals surface area contributed by atoms with Crippen molar-refractivity contribution in [3.63, 3.8) is 0 Å². The fraction of sp³-hybridized carbons (Fsp3) is 0.824. The Morgan fingerprint density at radius 1 is 1.33 bits per heavy atom. The number of nitrogens with zero attached hydrogens (tertiary/aromatic N) is 5. The second kappa shape index (κ2) is 6.99. The van der Waals surface area contributed by atoms with Crippen LogP contribution in [0.3, 0.4) is 0 Å². The highest BCUT2D eigenvalue weighted by Crippen LogP contribution is 2.28. The summed E-state index contributed by atoms with van der Waals surface area (Å²) < 4.78 is 3.46. The van der Waals surface area contributed by atoms with Crippen LogP contribution in [0.25, 0.3) is 0 Å². The molecule has 7 heteroatoms. The number of nitrogens with one attached hydrogen (secondary N) is 1. The summed E-state index contributed by atoms with van der Waals surface area (Å²) in [5, 5.41) is 7.91. The minimum absolute atomic E-state index is 0.0513. The number of fused-ring (bicyclic) bond motifs is 1. The zero-order valence-corrected chi connectivity index (χ0v) is 15.2. The van der Waals surface area contributed by atoms with Gasteiger partial charge in [-0.2, -0.15) is 5.10 Å². The number of rotatable bonds is 4. The Labute approximate surface area is 143 Å². The van der Waals surface area contributed by atoms with Gasteiger partial charge < -0.3 is 10.2 Å². The molecular formula is C17H30N6O. The molecule has 2 aliphatic rings. The van der Waals surface area contributed by atoms with Crippen molar-refractivity contribution in [1.82, 2.24) is 24.6 Å². The summed E-state index contributed by atoms with van der Waals surface area (Å²) in [5.41, 5.74) is 0.413. The quantitative estimate of drug-likeness (QED) is 0.508. The second-order valence-electron chi connectivity index (χ2n) is 7.69. The summed E-state index contributed by atoms with van der Waals surface area (Å²) in [5.74, 6) is 1.92. The molecule has 24 heavy (non-hydrogen) atoms. The van der Waals surface area contributed by atoms with Crippen LogP contribution >= 0.6 is 0 Å². The molecule has 0 unspecified atom stereocenters. The lowest BCUT2D eigenvalue weighted by molar-refractivity contribution is 0.369. The molecule has 0 saturated carbocycles. The first kappa shape index (κ1) is 17.0. The topological polar surface area (TPSA) is 67.5 Å². The molecule has 3 rings (SSSR count). The van der Waals surface area contributed by atoms with E-state index in [2.05, 4.69) is 34.2 Å². The molecule has 0 atom stereocenters. The highest BCUT2D eigenvalue weighted by molar-refractivity contribution is 5.80. The third-order valence-electron chi connectivity index (χ3n) is 5.05. The van der Waals surface area contributed by atoms with E-state index in [1.54, 1.807) is 4.68 Å². The van der Waals surface area contributed by atoms with E-state index in [4.69, 9.17) is 0 Å². The summed E-state index contributed by atoms with van der Waals surface area (Å²) >= 11 is 0. The van der Waals surface area contributed by atoms with Crippen molar-refractivity contribution in [3.8, 4) is 0 Å². The summed E-state index contributed by atoms with van der Waals surface area (Å²) in [6, 6.07) is 0. The van der Waals surface area contributed by atoms with Crippen molar-refractivity contribution >= 4 is 5.96 Å². The number of guanidine groups is 1. The van der Waals surface area contributed by atoms with Crippen molar-refractivity contribution in [2.24, 2.45) is 10.4 Å². The standard InChI is InChI=1S/C17H30N6O/c1-17(2)8-12-21(13-17)15(18-3)19-9-6-11-23-16(24)22-10-5-4-7-14(22)20-23/h4-13H2,1-3H3,(H,18,19). The van der Waals surface area contributed by atoms with Gasteiger partial charge in [-0.15, -0.1) is 0 Å². The Morgan fingerprint density at radius 3 is 2.83 bits per heavy atom. The molecule has 1 N–H and O–H groups in total. The summed E-state index contributed by atoms with van der Waals surface area (Å²) in [7, 11) is 1.83. The molecule has 0 radical (unpaired) electrons. The molecular weight excluding hydrogens is 304 g/mol. The lowest BCUT2D eigenvalue weighted by atomic mass is 9.93. The van der Waals surface area contributed by atoms with Gasteiger partial charge in [-0.3, -0.25) is 9.56 Å². The molecule has 7 nitrogen and oxygen atoms in total. The van der Waals surface area contributed by atoms with E-state index in [0.29, 0.717) is 12.0 Å². The molecule has 1 aromatic heterocycles. The first-order valence-electron chi connectivity index (χ1n) is 9.12. The molecule has 2 aliphatic heterocycles. The number of hydrogen-bond donors (Lipinski definition) is 1. The van der Waals surface area contributed by atoms with Crippen molar-refractivity contribution in [2.75, 3.05) is 26.7 Å². The van der Waals surface area contributed by atoms with Gasteiger partial charge in [-0.25, -0.2) is 9.48 Å². The van der Waals surface area contributed by atoms with Gasteiger partial charge in [-0.1, -0.05) is 13.8 Å². The number of aromatic nitrogens is 3. The summed E-state index contributed by atoms with van der Waals surface area (Å²) in [4.78, 5) is 19.0. The monoisotopic (exact) mass is 334 g/mol. The molecule has 1 aromatic rings. The molecule has 1 fully saturated rings. The number of hydrogen-bond acceptors (Lipinski definition) is 3. The van der Waals surface area contributed by atoms with E-state index in [-0.39, 0.29) is 5.69 Å². The average molecular weight is 334 g/mol. The van der Waals surface area contributed by atoms with Gasteiger partial charge in [0.15, 0.2) is 5.96 Å². The summed E-state index contributed by atoms with van der Waals surface area (Å²) in [6.45, 7) is 8.98. The molecule has 0 bridgehead atoms. The molecule has 0 aliphatic carbocycles. The Kier molecular flexibility index (Phi) is 4.96. The van der Waals surface area contributed by atoms with Crippen LogP contribution in [0.4, 0.5) is 0 Å². The van der Waals surface area contributed by atoms with Crippen molar-refractivity contribution < 1.29 is 0 Å². The van der Waals surface area contributed by atoms with Crippen LogP contribution in [-0.2, 0) is 19.5 Å².